The number of nitrogens with zero attached hydrogens (tertiary/aromatic N) is 1. The number of carboxylic acid groups (broad SMARTS) is 1. The summed E-state index contributed by atoms with van der Waals surface area (Å²) in [5.41, 5.74) is -1.32. The van der Waals surface area contributed by atoms with Gasteiger partial charge < -0.3 is 9.84 Å². The lowest BCUT2D eigenvalue weighted by atomic mass is 9.81. The van der Waals surface area contributed by atoms with Gasteiger partial charge in [-0.2, -0.15) is 13.2 Å². The van der Waals surface area contributed by atoms with Crippen molar-refractivity contribution in [1.82, 2.24) is 4.90 Å². The van der Waals surface area contributed by atoms with Crippen molar-refractivity contribution in [3.05, 3.63) is 29.8 Å². The molecule has 0 bridgehead atoms. The number of halogens is 3. The molecule has 0 unspecified atom stereocenters. The van der Waals surface area contributed by atoms with Gasteiger partial charge >= 0.3 is 12.1 Å². The van der Waals surface area contributed by atoms with Gasteiger partial charge in [-0.25, -0.2) is 0 Å². The fourth-order valence-corrected chi connectivity index (χ4v) is 3.95. The first-order chi connectivity index (χ1) is 11.3. The molecule has 1 aliphatic heterocycles. The van der Waals surface area contributed by atoms with Crippen LogP contribution in [0.25, 0.3) is 0 Å². The van der Waals surface area contributed by atoms with Crippen LogP contribution in [-0.4, -0.2) is 42.2 Å². The van der Waals surface area contributed by atoms with Crippen LogP contribution >= 0.6 is 0 Å². The first kappa shape index (κ1) is 17.1. The zero-order chi connectivity index (χ0) is 17.4. The zero-order valence-electron chi connectivity index (χ0n) is 13.2. The summed E-state index contributed by atoms with van der Waals surface area (Å²) in [7, 11) is 0. The molecule has 0 spiro atoms. The minimum atomic E-state index is -4.35. The fraction of sp³-hybridized carbons (Fsp3) is 0.588. The van der Waals surface area contributed by atoms with E-state index in [1.54, 1.807) is 0 Å². The number of likely N-dealkylation sites (tertiary alicyclic amines) is 1. The van der Waals surface area contributed by atoms with Gasteiger partial charge in [0.05, 0.1) is 11.0 Å². The van der Waals surface area contributed by atoms with Crippen molar-refractivity contribution >= 4 is 5.97 Å². The average Bonchev–Trinajstić information content (AvgIpc) is 3.04. The molecule has 1 aromatic carbocycles. The Kier molecular flexibility index (Phi) is 4.46. The minimum Gasteiger partial charge on any atom is -0.492 e. The van der Waals surface area contributed by atoms with Crippen LogP contribution in [0.4, 0.5) is 13.2 Å². The van der Waals surface area contributed by atoms with Gasteiger partial charge in [-0.05, 0) is 43.0 Å². The number of aliphatic carboxylic acids is 1. The first-order valence-corrected chi connectivity index (χ1v) is 8.07. The molecule has 3 rings (SSSR count). The minimum absolute atomic E-state index is 0.195. The Balaban J connectivity index is 1.50. The molecule has 2 fully saturated rings. The maximum Gasteiger partial charge on any atom is 0.416 e. The van der Waals surface area contributed by atoms with E-state index in [4.69, 9.17) is 4.74 Å². The molecule has 4 nitrogen and oxygen atoms in total. The van der Waals surface area contributed by atoms with E-state index < -0.39 is 23.1 Å². The third kappa shape index (κ3) is 3.22. The van der Waals surface area contributed by atoms with E-state index in [1.807, 2.05) is 0 Å². The number of benzene rings is 1. The topological polar surface area (TPSA) is 49.8 Å². The monoisotopic (exact) mass is 343 g/mol. The number of alkyl halides is 3. The molecule has 1 saturated heterocycles. The molecule has 1 N–H and O–H groups in total. The fourth-order valence-electron chi connectivity index (χ4n) is 3.95. The standard InChI is InChI=1S/C17H20F3NO3/c18-17(19,20)12-3-5-14(6-4-12)24-9-8-21-10-13-2-1-7-16(13,11-21)15(22)23/h3-6,13H,1-2,7-11H2,(H,22,23)/t13-,16+/m0/s1. The second-order valence-corrected chi connectivity index (χ2v) is 6.66. The molecule has 7 heteroatoms. The molecule has 0 amide bonds. The van der Waals surface area contributed by atoms with E-state index >= 15 is 0 Å². The van der Waals surface area contributed by atoms with Crippen LogP contribution in [0, 0.1) is 11.3 Å². The maximum absolute atomic E-state index is 12.5. The van der Waals surface area contributed by atoms with Gasteiger partial charge in [0.25, 0.3) is 0 Å². The molecule has 132 valence electrons. The van der Waals surface area contributed by atoms with Crippen molar-refractivity contribution < 1.29 is 27.8 Å². The maximum atomic E-state index is 12.5. The Morgan fingerprint density at radius 3 is 2.62 bits per heavy atom. The van der Waals surface area contributed by atoms with Crippen LogP contribution in [0.5, 0.6) is 5.75 Å². The normalized spacial score (nSPS) is 27.2. The second kappa shape index (κ2) is 6.27. The van der Waals surface area contributed by atoms with Crippen molar-refractivity contribution in [2.24, 2.45) is 11.3 Å². The van der Waals surface area contributed by atoms with Crippen LogP contribution in [0.2, 0.25) is 0 Å². The third-order valence-corrected chi connectivity index (χ3v) is 5.23. The van der Waals surface area contributed by atoms with Gasteiger partial charge in [-0.1, -0.05) is 6.42 Å². The van der Waals surface area contributed by atoms with E-state index in [0.717, 1.165) is 37.9 Å². The summed E-state index contributed by atoms with van der Waals surface area (Å²) in [6.07, 6.45) is -1.71. The molecule has 24 heavy (non-hydrogen) atoms. The predicted molar refractivity (Wildman–Crippen MR) is 80.8 cm³/mol. The van der Waals surface area contributed by atoms with Crippen molar-refractivity contribution in [1.29, 1.82) is 0 Å². The van der Waals surface area contributed by atoms with Gasteiger partial charge in [0, 0.05) is 19.6 Å². The molecule has 2 atom stereocenters. The molecule has 1 heterocycles. The lowest BCUT2D eigenvalue weighted by molar-refractivity contribution is -0.149. The largest absolute Gasteiger partial charge is 0.492 e. The lowest BCUT2D eigenvalue weighted by Gasteiger charge is -2.23. The van der Waals surface area contributed by atoms with Gasteiger partial charge in [-0.15, -0.1) is 0 Å². The molecular weight excluding hydrogens is 323 g/mol. The van der Waals surface area contributed by atoms with Crippen LogP contribution in [0.3, 0.4) is 0 Å². The highest BCUT2D eigenvalue weighted by Gasteiger charge is 2.54. The van der Waals surface area contributed by atoms with Crippen LogP contribution < -0.4 is 4.74 Å². The molecule has 1 aliphatic carbocycles. The van der Waals surface area contributed by atoms with Gasteiger partial charge in [0.1, 0.15) is 12.4 Å². The Labute approximate surface area is 138 Å². The van der Waals surface area contributed by atoms with Gasteiger partial charge in [0.15, 0.2) is 0 Å². The summed E-state index contributed by atoms with van der Waals surface area (Å²) in [6, 6.07) is 4.60. The summed E-state index contributed by atoms with van der Waals surface area (Å²) in [5, 5.41) is 9.54. The van der Waals surface area contributed by atoms with Crippen molar-refractivity contribution in [3.63, 3.8) is 0 Å². The quantitative estimate of drug-likeness (QED) is 0.891. The number of carboxylic acids is 1. The average molecular weight is 343 g/mol. The molecule has 1 aromatic rings. The highest BCUT2D eigenvalue weighted by atomic mass is 19.4. The zero-order valence-corrected chi connectivity index (χ0v) is 13.2. The Morgan fingerprint density at radius 2 is 2.04 bits per heavy atom. The number of hydrogen-bond acceptors (Lipinski definition) is 3. The highest BCUT2D eigenvalue weighted by Crippen LogP contribution is 2.48. The van der Waals surface area contributed by atoms with Gasteiger partial charge in [0.2, 0.25) is 0 Å². The molecule has 2 aliphatic rings. The van der Waals surface area contributed by atoms with Crippen LogP contribution in [0.15, 0.2) is 24.3 Å². The van der Waals surface area contributed by atoms with Gasteiger partial charge in [-0.3, -0.25) is 9.69 Å². The number of carbonyl (C=O) groups is 1. The molecule has 1 saturated carbocycles. The molecule has 0 radical (unpaired) electrons. The summed E-state index contributed by atoms with van der Waals surface area (Å²) >= 11 is 0. The lowest BCUT2D eigenvalue weighted by Crippen LogP contribution is -2.36. The van der Waals surface area contributed by atoms with E-state index in [0.29, 0.717) is 25.4 Å². The summed E-state index contributed by atoms with van der Waals surface area (Å²) in [5.74, 6) is -0.132. The number of ether oxygens (including phenoxy) is 1. The first-order valence-electron chi connectivity index (χ1n) is 8.07. The number of fused-ring (bicyclic) bond motifs is 1. The smallest absolute Gasteiger partial charge is 0.416 e. The van der Waals surface area contributed by atoms with Crippen molar-refractivity contribution in [2.75, 3.05) is 26.2 Å². The Morgan fingerprint density at radius 1 is 1.33 bits per heavy atom. The Bertz CT molecular complexity index is 602. The van der Waals surface area contributed by atoms with Crippen LogP contribution in [-0.2, 0) is 11.0 Å². The summed E-state index contributed by atoms with van der Waals surface area (Å²) < 4.78 is 43.0. The predicted octanol–water partition coefficient (Wildman–Crippen LogP) is 3.27. The van der Waals surface area contributed by atoms with E-state index in [1.165, 1.54) is 12.1 Å². The summed E-state index contributed by atoms with van der Waals surface area (Å²) in [4.78, 5) is 13.7. The highest BCUT2D eigenvalue weighted by molar-refractivity contribution is 5.76. The third-order valence-electron chi connectivity index (χ3n) is 5.23. The van der Waals surface area contributed by atoms with E-state index in [-0.39, 0.29) is 5.92 Å². The Hall–Kier alpha value is -1.76. The number of rotatable bonds is 5. The molecular formula is C17H20F3NO3. The van der Waals surface area contributed by atoms with E-state index in [2.05, 4.69) is 4.90 Å². The van der Waals surface area contributed by atoms with E-state index in [9.17, 15) is 23.1 Å². The summed E-state index contributed by atoms with van der Waals surface area (Å²) in [6.45, 7) is 2.19. The van der Waals surface area contributed by atoms with Crippen molar-refractivity contribution in [2.45, 2.75) is 25.4 Å². The second-order valence-electron chi connectivity index (χ2n) is 6.66. The molecule has 0 aromatic heterocycles. The number of hydrogen-bond donors (Lipinski definition) is 1. The SMILES string of the molecule is O=C(O)[C@@]12CCC[C@H]1CN(CCOc1ccc(C(F)(F)F)cc1)C2. The van der Waals surface area contributed by atoms with Crippen LogP contribution in [0.1, 0.15) is 24.8 Å². The van der Waals surface area contributed by atoms with Crippen molar-refractivity contribution in [3.8, 4) is 5.75 Å².